The van der Waals surface area contributed by atoms with Gasteiger partial charge in [-0.15, -0.1) is 0 Å². The van der Waals surface area contributed by atoms with Crippen molar-refractivity contribution in [3.63, 3.8) is 0 Å². The van der Waals surface area contributed by atoms with E-state index >= 15 is 0 Å². The van der Waals surface area contributed by atoms with E-state index in [1.807, 2.05) is 17.8 Å². The predicted octanol–water partition coefficient (Wildman–Crippen LogP) is 3.88. The van der Waals surface area contributed by atoms with Crippen LogP contribution >= 0.6 is 43.6 Å². The first-order chi connectivity index (χ1) is 8.54. The van der Waals surface area contributed by atoms with Gasteiger partial charge in [-0.25, -0.2) is 0 Å². The minimum atomic E-state index is 0.115. The highest BCUT2D eigenvalue weighted by molar-refractivity contribution is 9.13. The Kier molecular flexibility index (Phi) is 7.31. The minimum absolute atomic E-state index is 0.115. The number of nitrogens with two attached hydrogens (primary N) is 1. The van der Waals surface area contributed by atoms with Gasteiger partial charge in [0.2, 0.25) is 0 Å². The molecular formula is C12H20Br2N2OS. The van der Waals surface area contributed by atoms with E-state index in [0.29, 0.717) is 12.6 Å². The summed E-state index contributed by atoms with van der Waals surface area (Å²) in [5, 5.41) is 0. The van der Waals surface area contributed by atoms with Gasteiger partial charge in [0.25, 0.3) is 0 Å². The summed E-state index contributed by atoms with van der Waals surface area (Å²) in [6.45, 7) is 2.76. The molecule has 0 bridgehead atoms. The van der Waals surface area contributed by atoms with Gasteiger partial charge in [-0.05, 0) is 57.7 Å². The maximum atomic E-state index is 5.91. The number of nitrogens with zero attached hydrogens (tertiary/aromatic N) is 1. The SMILES string of the molecule is CCC(CSC)N(C)C(CN)c1cc(Br)c(Br)o1. The first-order valence-electron chi connectivity index (χ1n) is 5.90. The molecule has 0 aliphatic carbocycles. The second kappa shape index (κ2) is 7.94. The smallest absolute Gasteiger partial charge is 0.183 e. The maximum Gasteiger partial charge on any atom is 0.183 e. The summed E-state index contributed by atoms with van der Waals surface area (Å²) < 4.78 is 7.36. The summed E-state index contributed by atoms with van der Waals surface area (Å²) in [4.78, 5) is 2.31. The number of furan rings is 1. The number of likely N-dealkylation sites (N-methyl/N-ethyl adjacent to an activating group) is 1. The first-order valence-corrected chi connectivity index (χ1v) is 8.88. The van der Waals surface area contributed by atoms with Gasteiger partial charge in [-0.3, -0.25) is 4.90 Å². The molecular weight excluding hydrogens is 380 g/mol. The minimum Gasteiger partial charge on any atom is -0.451 e. The van der Waals surface area contributed by atoms with Crippen LogP contribution in [-0.2, 0) is 0 Å². The van der Waals surface area contributed by atoms with Crippen molar-refractivity contribution >= 4 is 43.6 Å². The molecule has 1 aromatic heterocycles. The first kappa shape index (κ1) is 16.6. The van der Waals surface area contributed by atoms with E-state index in [1.165, 1.54) is 0 Å². The molecule has 0 radical (unpaired) electrons. The van der Waals surface area contributed by atoms with Crippen molar-refractivity contribution in [3.8, 4) is 0 Å². The molecule has 0 aromatic carbocycles. The average Bonchev–Trinajstić information content (AvgIpc) is 2.67. The van der Waals surface area contributed by atoms with Crippen LogP contribution in [0.2, 0.25) is 0 Å². The molecule has 2 unspecified atom stereocenters. The molecule has 0 fully saturated rings. The summed E-state index contributed by atoms with van der Waals surface area (Å²) in [6, 6.07) is 2.62. The van der Waals surface area contributed by atoms with Gasteiger partial charge >= 0.3 is 0 Å². The van der Waals surface area contributed by atoms with Gasteiger partial charge in [0.1, 0.15) is 5.76 Å². The predicted molar refractivity (Wildman–Crippen MR) is 86.1 cm³/mol. The molecule has 0 saturated heterocycles. The highest BCUT2D eigenvalue weighted by Crippen LogP contribution is 2.32. The van der Waals surface area contributed by atoms with Crippen molar-refractivity contribution in [1.82, 2.24) is 4.90 Å². The Morgan fingerprint density at radius 2 is 2.17 bits per heavy atom. The number of halogens is 2. The van der Waals surface area contributed by atoms with Crippen LogP contribution in [0.25, 0.3) is 0 Å². The number of thioether (sulfide) groups is 1. The molecule has 18 heavy (non-hydrogen) atoms. The normalized spacial score (nSPS) is 15.1. The zero-order valence-electron chi connectivity index (χ0n) is 11.0. The Balaban J connectivity index is 2.87. The van der Waals surface area contributed by atoms with Crippen molar-refractivity contribution in [3.05, 3.63) is 21.0 Å². The summed E-state index contributed by atoms with van der Waals surface area (Å²) in [5.41, 5.74) is 5.91. The topological polar surface area (TPSA) is 42.4 Å². The molecule has 0 saturated carbocycles. The van der Waals surface area contributed by atoms with Crippen LogP contribution in [-0.4, -0.2) is 36.5 Å². The van der Waals surface area contributed by atoms with Crippen LogP contribution in [0.3, 0.4) is 0 Å². The Morgan fingerprint density at radius 1 is 1.50 bits per heavy atom. The summed E-state index contributed by atoms with van der Waals surface area (Å²) >= 11 is 8.68. The molecule has 6 heteroatoms. The maximum absolute atomic E-state index is 5.91. The van der Waals surface area contributed by atoms with E-state index in [-0.39, 0.29) is 6.04 Å². The van der Waals surface area contributed by atoms with Gasteiger partial charge in [-0.2, -0.15) is 11.8 Å². The Bertz CT molecular complexity index is 353. The summed E-state index contributed by atoms with van der Waals surface area (Å²) in [5.74, 6) is 2.00. The third kappa shape index (κ3) is 4.00. The molecule has 0 aliphatic rings. The van der Waals surface area contributed by atoms with Crippen LogP contribution in [0.15, 0.2) is 19.6 Å². The highest BCUT2D eigenvalue weighted by atomic mass is 79.9. The highest BCUT2D eigenvalue weighted by Gasteiger charge is 2.25. The zero-order valence-corrected chi connectivity index (χ0v) is 14.9. The monoisotopic (exact) mass is 398 g/mol. The second-order valence-corrected chi connectivity index (χ2v) is 6.69. The molecule has 1 heterocycles. The van der Waals surface area contributed by atoms with Crippen molar-refractivity contribution in [2.45, 2.75) is 25.4 Å². The summed E-state index contributed by atoms with van der Waals surface area (Å²) in [7, 11) is 2.12. The lowest BCUT2D eigenvalue weighted by atomic mass is 10.1. The van der Waals surface area contributed by atoms with Gasteiger partial charge in [0.15, 0.2) is 4.67 Å². The van der Waals surface area contributed by atoms with E-state index in [9.17, 15) is 0 Å². The summed E-state index contributed by atoms with van der Waals surface area (Å²) in [6.07, 6.45) is 3.24. The zero-order chi connectivity index (χ0) is 13.7. The van der Waals surface area contributed by atoms with E-state index in [4.69, 9.17) is 10.2 Å². The molecule has 0 spiro atoms. The molecule has 0 amide bonds. The Morgan fingerprint density at radius 3 is 2.56 bits per heavy atom. The lowest BCUT2D eigenvalue weighted by Crippen LogP contribution is -2.39. The number of hydrogen-bond acceptors (Lipinski definition) is 4. The average molecular weight is 400 g/mol. The van der Waals surface area contributed by atoms with Crippen LogP contribution in [0, 0.1) is 0 Å². The van der Waals surface area contributed by atoms with Gasteiger partial charge in [0, 0.05) is 18.3 Å². The molecule has 1 rings (SSSR count). The largest absolute Gasteiger partial charge is 0.451 e. The van der Waals surface area contributed by atoms with Gasteiger partial charge < -0.3 is 10.2 Å². The van der Waals surface area contributed by atoms with E-state index < -0.39 is 0 Å². The van der Waals surface area contributed by atoms with Crippen LogP contribution in [0.4, 0.5) is 0 Å². The van der Waals surface area contributed by atoms with Crippen molar-refractivity contribution in [1.29, 1.82) is 0 Å². The van der Waals surface area contributed by atoms with Gasteiger partial charge in [0.05, 0.1) is 10.5 Å². The molecule has 2 atom stereocenters. The third-order valence-corrected chi connectivity index (χ3v) is 5.54. The number of hydrogen-bond donors (Lipinski definition) is 1. The van der Waals surface area contributed by atoms with Crippen molar-refractivity contribution in [2.75, 3.05) is 25.6 Å². The lowest BCUT2D eigenvalue weighted by molar-refractivity contribution is 0.166. The van der Waals surface area contributed by atoms with Crippen LogP contribution in [0.5, 0.6) is 0 Å². The van der Waals surface area contributed by atoms with E-state index in [2.05, 4.69) is 57.0 Å². The van der Waals surface area contributed by atoms with Crippen molar-refractivity contribution < 1.29 is 4.42 Å². The Hall–Kier alpha value is 0.510. The third-order valence-electron chi connectivity index (χ3n) is 3.11. The lowest BCUT2D eigenvalue weighted by Gasteiger charge is -2.32. The van der Waals surface area contributed by atoms with Crippen LogP contribution in [0.1, 0.15) is 25.1 Å². The quantitative estimate of drug-likeness (QED) is 0.755. The van der Waals surface area contributed by atoms with Gasteiger partial charge in [-0.1, -0.05) is 6.92 Å². The molecule has 0 aliphatic heterocycles. The van der Waals surface area contributed by atoms with E-state index in [0.717, 1.165) is 27.1 Å². The molecule has 1 aromatic rings. The van der Waals surface area contributed by atoms with Crippen LogP contribution < -0.4 is 5.73 Å². The second-order valence-electron chi connectivity index (χ2n) is 4.20. The van der Waals surface area contributed by atoms with Crippen molar-refractivity contribution in [2.24, 2.45) is 5.73 Å². The Labute approximate surface area is 130 Å². The number of rotatable bonds is 7. The molecule has 104 valence electrons. The standard InChI is InChI=1S/C12H20Br2N2OS/c1-4-8(7-18-3)16(2)10(6-15)11-5-9(13)12(14)17-11/h5,8,10H,4,6-7,15H2,1-3H3. The molecule has 3 nitrogen and oxygen atoms in total. The fourth-order valence-corrected chi connectivity index (χ4v) is 3.44. The fraction of sp³-hybridized carbons (Fsp3) is 0.667. The van der Waals surface area contributed by atoms with E-state index in [1.54, 1.807) is 0 Å². The molecule has 2 N–H and O–H groups in total. The fourth-order valence-electron chi connectivity index (χ4n) is 1.98.